The van der Waals surface area contributed by atoms with Crippen LogP contribution >= 0.6 is 22.6 Å². The molecule has 1 atom stereocenters. The average Bonchev–Trinajstić information content (AvgIpc) is 2.27. The zero-order valence-corrected chi connectivity index (χ0v) is 8.25. The maximum Gasteiger partial charge on any atom is 0.222 e. The van der Waals surface area contributed by atoms with E-state index in [4.69, 9.17) is 4.74 Å². The number of hydrogen-bond acceptors (Lipinski definition) is 2. The molecule has 0 saturated heterocycles. The Morgan fingerprint density at radius 3 is 3.18 bits per heavy atom. The predicted octanol–water partition coefficient (Wildman–Crippen LogP) is 2.52. The Bertz CT molecular complexity index is 287. The molecule has 1 aliphatic heterocycles. The van der Waals surface area contributed by atoms with E-state index in [0.29, 0.717) is 0 Å². The van der Waals surface area contributed by atoms with Crippen molar-refractivity contribution in [2.45, 2.75) is 11.2 Å². The lowest BCUT2D eigenvalue weighted by atomic mass is 10.2. The second-order valence-corrected chi connectivity index (χ2v) is 3.71. The van der Waals surface area contributed by atoms with Crippen LogP contribution in [0.15, 0.2) is 18.2 Å². The molecule has 0 fully saturated rings. The normalized spacial score (nSPS) is 20.4. The molecule has 2 rings (SSSR count). The van der Waals surface area contributed by atoms with E-state index in [2.05, 4.69) is 40.9 Å². The van der Waals surface area contributed by atoms with Crippen molar-refractivity contribution < 1.29 is 4.74 Å². The molecule has 0 spiro atoms. The van der Waals surface area contributed by atoms with E-state index < -0.39 is 0 Å². The summed E-state index contributed by atoms with van der Waals surface area (Å²) in [7, 11) is 0. The fourth-order valence-electron chi connectivity index (χ4n) is 1.11. The number of rotatable bonds is 0. The highest BCUT2D eigenvalue weighted by molar-refractivity contribution is 14.1. The molecule has 3 heteroatoms. The second-order valence-electron chi connectivity index (χ2n) is 2.58. The molecule has 2 nitrogen and oxygen atoms in total. The molecular formula is C8H8INO. The third kappa shape index (κ3) is 1.29. The van der Waals surface area contributed by atoms with E-state index in [9.17, 15) is 0 Å². The maximum absolute atomic E-state index is 5.46. The van der Waals surface area contributed by atoms with E-state index in [-0.39, 0.29) is 4.23 Å². The zero-order chi connectivity index (χ0) is 7.84. The number of aryl methyl sites for hydroxylation is 1. The van der Waals surface area contributed by atoms with Gasteiger partial charge < -0.3 is 10.1 Å². The van der Waals surface area contributed by atoms with Crippen molar-refractivity contribution in [1.82, 2.24) is 0 Å². The molecule has 0 amide bonds. The molecule has 1 unspecified atom stereocenters. The number of alkyl halides is 1. The topological polar surface area (TPSA) is 21.3 Å². The van der Waals surface area contributed by atoms with Crippen LogP contribution in [0.1, 0.15) is 5.56 Å². The summed E-state index contributed by atoms with van der Waals surface area (Å²) in [6.07, 6.45) is 0. The van der Waals surface area contributed by atoms with Crippen LogP contribution in [-0.4, -0.2) is 4.23 Å². The van der Waals surface area contributed by atoms with Gasteiger partial charge in [0.1, 0.15) is 5.75 Å². The van der Waals surface area contributed by atoms with Crippen LogP contribution in [0.3, 0.4) is 0 Å². The number of ether oxygens (including phenoxy) is 1. The van der Waals surface area contributed by atoms with Gasteiger partial charge >= 0.3 is 0 Å². The Morgan fingerprint density at radius 2 is 2.36 bits per heavy atom. The van der Waals surface area contributed by atoms with Crippen molar-refractivity contribution in [1.29, 1.82) is 0 Å². The van der Waals surface area contributed by atoms with Gasteiger partial charge in [-0.2, -0.15) is 0 Å². The quantitative estimate of drug-likeness (QED) is 0.440. The average molecular weight is 261 g/mol. The molecule has 0 bridgehead atoms. The largest absolute Gasteiger partial charge is 0.460 e. The first kappa shape index (κ1) is 7.21. The highest BCUT2D eigenvalue weighted by Gasteiger charge is 2.17. The van der Waals surface area contributed by atoms with Gasteiger partial charge in [0.2, 0.25) is 4.23 Å². The standard InChI is InChI=1S/C8H8INO/c1-5-2-3-6-7(4-5)11-8(9)10-6/h2-4,8,10H,1H3. The van der Waals surface area contributed by atoms with Crippen molar-refractivity contribution in [2.75, 3.05) is 5.32 Å². The molecule has 0 saturated carbocycles. The van der Waals surface area contributed by atoms with Crippen molar-refractivity contribution in [2.24, 2.45) is 0 Å². The molecular weight excluding hydrogens is 253 g/mol. The van der Waals surface area contributed by atoms with Gasteiger partial charge in [0.05, 0.1) is 5.69 Å². The molecule has 1 aromatic rings. The number of fused-ring (bicyclic) bond motifs is 1. The summed E-state index contributed by atoms with van der Waals surface area (Å²) >= 11 is 2.21. The second kappa shape index (κ2) is 2.55. The fraction of sp³-hybridized carbons (Fsp3) is 0.250. The lowest BCUT2D eigenvalue weighted by Crippen LogP contribution is -2.09. The fourth-order valence-corrected chi connectivity index (χ4v) is 1.72. The van der Waals surface area contributed by atoms with Crippen molar-refractivity contribution >= 4 is 28.3 Å². The predicted molar refractivity (Wildman–Crippen MR) is 53.2 cm³/mol. The Morgan fingerprint density at radius 1 is 1.55 bits per heavy atom. The Hall–Kier alpha value is -0.450. The maximum atomic E-state index is 5.46. The van der Waals surface area contributed by atoms with Crippen molar-refractivity contribution in [3.63, 3.8) is 0 Å². The van der Waals surface area contributed by atoms with Crippen LogP contribution in [0.25, 0.3) is 0 Å². The lowest BCUT2D eigenvalue weighted by Gasteiger charge is -1.99. The molecule has 1 aromatic carbocycles. The van der Waals surface area contributed by atoms with Gasteiger partial charge in [-0.1, -0.05) is 6.07 Å². The summed E-state index contributed by atoms with van der Waals surface area (Å²) in [5, 5.41) is 3.19. The number of anilines is 1. The van der Waals surface area contributed by atoms with E-state index >= 15 is 0 Å². The number of hydrogen-bond donors (Lipinski definition) is 1. The van der Waals surface area contributed by atoms with Gasteiger partial charge in [-0.05, 0) is 47.2 Å². The summed E-state index contributed by atoms with van der Waals surface area (Å²) in [4.78, 5) is 0. The highest BCUT2D eigenvalue weighted by Crippen LogP contribution is 2.33. The summed E-state index contributed by atoms with van der Waals surface area (Å²) < 4.78 is 5.55. The van der Waals surface area contributed by atoms with Crippen LogP contribution in [0.5, 0.6) is 5.75 Å². The molecule has 0 aromatic heterocycles. The van der Waals surface area contributed by atoms with Crippen LogP contribution in [0.2, 0.25) is 0 Å². The lowest BCUT2D eigenvalue weighted by molar-refractivity contribution is 0.355. The van der Waals surface area contributed by atoms with Crippen LogP contribution in [-0.2, 0) is 0 Å². The summed E-state index contributed by atoms with van der Waals surface area (Å²) in [5.41, 5.74) is 2.33. The van der Waals surface area contributed by atoms with Gasteiger partial charge in [-0.3, -0.25) is 0 Å². The van der Waals surface area contributed by atoms with Crippen LogP contribution < -0.4 is 10.1 Å². The molecule has 1 heterocycles. The third-order valence-corrected chi connectivity index (χ3v) is 2.20. The van der Waals surface area contributed by atoms with E-state index in [1.807, 2.05) is 12.1 Å². The smallest absolute Gasteiger partial charge is 0.222 e. The SMILES string of the molecule is Cc1ccc2c(c1)OC(I)N2. The highest BCUT2D eigenvalue weighted by atomic mass is 127. The third-order valence-electron chi connectivity index (χ3n) is 1.64. The first-order valence-electron chi connectivity index (χ1n) is 3.43. The van der Waals surface area contributed by atoms with Crippen molar-refractivity contribution in [3.05, 3.63) is 23.8 Å². The minimum Gasteiger partial charge on any atom is -0.460 e. The zero-order valence-electron chi connectivity index (χ0n) is 6.10. The Kier molecular flexibility index (Phi) is 1.67. The molecule has 1 N–H and O–H groups in total. The monoisotopic (exact) mass is 261 g/mol. The summed E-state index contributed by atoms with van der Waals surface area (Å²) in [5.74, 6) is 0.962. The molecule has 1 aliphatic rings. The summed E-state index contributed by atoms with van der Waals surface area (Å²) in [6, 6.07) is 6.16. The van der Waals surface area contributed by atoms with Crippen LogP contribution in [0.4, 0.5) is 5.69 Å². The van der Waals surface area contributed by atoms with E-state index in [0.717, 1.165) is 11.4 Å². The summed E-state index contributed by atoms with van der Waals surface area (Å²) in [6.45, 7) is 2.06. The van der Waals surface area contributed by atoms with Gasteiger partial charge in [0.25, 0.3) is 0 Å². The molecule has 0 radical (unpaired) electrons. The molecule has 58 valence electrons. The van der Waals surface area contributed by atoms with Crippen LogP contribution in [0, 0.1) is 6.92 Å². The van der Waals surface area contributed by atoms with Crippen molar-refractivity contribution in [3.8, 4) is 5.75 Å². The van der Waals surface area contributed by atoms with Gasteiger partial charge in [-0.15, -0.1) is 0 Å². The van der Waals surface area contributed by atoms with Gasteiger partial charge in [0.15, 0.2) is 0 Å². The number of halogens is 1. The molecule has 11 heavy (non-hydrogen) atoms. The Labute approximate surface area is 79.1 Å². The van der Waals surface area contributed by atoms with E-state index in [1.54, 1.807) is 0 Å². The minimum atomic E-state index is 0.0874. The first-order valence-corrected chi connectivity index (χ1v) is 4.68. The molecule has 0 aliphatic carbocycles. The van der Waals surface area contributed by atoms with Gasteiger partial charge in [0, 0.05) is 0 Å². The van der Waals surface area contributed by atoms with Gasteiger partial charge in [-0.25, -0.2) is 0 Å². The first-order chi connectivity index (χ1) is 5.25. The minimum absolute atomic E-state index is 0.0874. The number of nitrogens with one attached hydrogen (secondary N) is 1. The van der Waals surface area contributed by atoms with E-state index in [1.165, 1.54) is 5.56 Å². The Balaban J connectivity index is 2.43. The number of benzene rings is 1.